The molecule has 0 aliphatic rings. The molecule has 0 spiro atoms. The lowest BCUT2D eigenvalue weighted by Crippen LogP contribution is -2.10. The third kappa shape index (κ3) is 3.40. The van der Waals surface area contributed by atoms with Crippen LogP contribution < -0.4 is 10.3 Å². The number of hydrogen-bond acceptors (Lipinski definition) is 2. The Hall–Kier alpha value is -2.04. The van der Waals surface area contributed by atoms with Gasteiger partial charge in [0.15, 0.2) is 11.6 Å². The standard InChI is InChI=1S/C17H23FN2O2/c1-10(2)20-12(5)14(17(21)19-20)8-13-6-7-16(15(18)9-13)22-11(3)4/h6-7,9-11H,8H2,1-5H3,(H,19,21). The van der Waals surface area contributed by atoms with E-state index in [1.54, 1.807) is 12.1 Å². The molecule has 0 saturated carbocycles. The molecule has 0 atom stereocenters. The molecule has 0 radical (unpaired) electrons. The number of nitrogens with zero attached hydrogens (tertiary/aromatic N) is 1. The van der Waals surface area contributed by atoms with Crippen LogP contribution in [-0.2, 0) is 6.42 Å². The predicted octanol–water partition coefficient (Wildman–Crippen LogP) is 3.58. The van der Waals surface area contributed by atoms with Crippen molar-refractivity contribution in [3.8, 4) is 5.75 Å². The van der Waals surface area contributed by atoms with Crippen molar-refractivity contribution in [1.82, 2.24) is 9.78 Å². The van der Waals surface area contributed by atoms with E-state index in [4.69, 9.17) is 4.74 Å². The summed E-state index contributed by atoms with van der Waals surface area (Å²) in [5.74, 6) is -0.160. The number of aromatic nitrogens is 2. The summed E-state index contributed by atoms with van der Waals surface area (Å²) < 4.78 is 21.3. The highest BCUT2D eigenvalue weighted by atomic mass is 19.1. The summed E-state index contributed by atoms with van der Waals surface area (Å²) in [7, 11) is 0. The van der Waals surface area contributed by atoms with Crippen LogP contribution in [0.25, 0.3) is 0 Å². The van der Waals surface area contributed by atoms with Gasteiger partial charge in [-0.25, -0.2) is 4.39 Å². The molecule has 0 aliphatic heterocycles. The lowest BCUT2D eigenvalue weighted by Gasteiger charge is -2.12. The van der Waals surface area contributed by atoms with Gasteiger partial charge in [0.05, 0.1) is 6.10 Å². The van der Waals surface area contributed by atoms with Gasteiger partial charge in [-0.2, -0.15) is 0 Å². The molecule has 2 rings (SSSR count). The number of benzene rings is 1. The number of hydrogen-bond donors (Lipinski definition) is 1. The number of nitrogens with one attached hydrogen (secondary N) is 1. The molecular weight excluding hydrogens is 283 g/mol. The second-order valence-electron chi connectivity index (χ2n) is 6.08. The number of rotatable bonds is 5. The average Bonchev–Trinajstić information content (AvgIpc) is 2.69. The van der Waals surface area contributed by atoms with E-state index < -0.39 is 5.82 Å². The summed E-state index contributed by atoms with van der Waals surface area (Å²) in [4.78, 5) is 12.1. The first-order chi connectivity index (χ1) is 10.3. The lowest BCUT2D eigenvalue weighted by atomic mass is 10.1. The Labute approximate surface area is 129 Å². The maximum atomic E-state index is 14.0. The van der Waals surface area contributed by atoms with Crippen LogP contribution in [0.2, 0.25) is 0 Å². The summed E-state index contributed by atoms with van der Waals surface area (Å²) in [6.07, 6.45) is 0.324. The maximum absolute atomic E-state index is 14.0. The normalized spacial score (nSPS) is 11.5. The number of aromatic amines is 1. The third-order valence-corrected chi connectivity index (χ3v) is 3.55. The number of halogens is 1. The van der Waals surface area contributed by atoms with Crippen LogP contribution in [-0.4, -0.2) is 15.9 Å². The van der Waals surface area contributed by atoms with Crippen LogP contribution in [0.5, 0.6) is 5.75 Å². The van der Waals surface area contributed by atoms with Gasteiger partial charge in [-0.3, -0.25) is 14.6 Å². The fourth-order valence-corrected chi connectivity index (χ4v) is 2.50. The van der Waals surface area contributed by atoms with Crippen LogP contribution in [0.4, 0.5) is 4.39 Å². The van der Waals surface area contributed by atoms with Crippen molar-refractivity contribution in [3.05, 3.63) is 51.2 Å². The molecule has 2 aromatic rings. The zero-order valence-corrected chi connectivity index (χ0v) is 13.7. The van der Waals surface area contributed by atoms with E-state index in [0.717, 1.165) is 11.3 Å². The van der Waals surface area contributed by atoms with Crippen LogP contribution >= 0.6 is 0 Å². The van der Waals surface area contributed by atoms with E-state index in [9.17, 15) is 9.18 Å². The van der Waals surface area contributed by atoms with Crippen molar-refractivity contribution in [2.24, 2.45) is 0 Å². The quantitative estimate of drug-likeness (QED) is 0.917. The largest absolute Gasteiger partial charge is 0.488 e. The van der Waals surface area contributed by atoms with Crippen LogP contribution in [0.1, 0.15) is 50.6 Å². The topological polar surface area (TPSA) is 47.0 Å². The second kappa shape index (κ2) is 6.38. The molecule has 0 amide bonds. The molecule has 1 heterocycles. The van der Waals surface area contributed by atoms with Crippen molar-refractivity contribution in [1.29, 1.82) is 0 Å². The molecule has 0 saturated heterocycles. The van der Waals surface area contributed by atoms with E-state index >= 15 is 0 Å². The lowest BCUT2D eigenvalue weighted by molar-refractivity contribution is 0.231. The van der Waals surface area contributed by atoms with Crippen molar-refractivity contribution in [2.45, 2.75) is 53.2 Å². The van der Waals surface area contributed by atoms with Crippen molar-refractivity contribution < 1.29 is 9.13 Å². The van der Waals surface area contributed by atoms with Crippen LogP contribution in [0, 0.1) is 12.7 Å². The SMILES string of the molecule is Cc1c(Cc2ccc(OC(C)C)c(F)c2)c(=O)[nH]n1C(C)C. The van der Waals surface area contributed by atoms with E-state index in [2.05, 4.69) is 5.10 Å². The maximum Gasteiger partial charge on any atom is 0.267 e. The van der Waals surface area contributed by atoms with Gasteiger partial charge >= 0.3 is 0 Å². The molecule has 22 heavy (non-hydrogen) atoms. The van der Waals surface area contributed by atoms with E-state index in [0.29, 0.717) is 12.0 Å². The van der Waals surface area contributed by atoms with Gasteiger partial charge in [0.1, 0.15) is 0 Å². The van der Waals surface area contributed by atoms with Gasteiger partial charge < -0.3 is 4.74 Å². The highest BCUT2D eigenvalue weighted by Crippen LogP contribution is 2.21. The smallest absolute Gasteiger partial charge is 0.267 e. The van der Waals surface area contributed by atoms with E-state index in [1.165, 1.54) is 6.07 Å². The molecule has 0 fully saturated rings. The fraction of sp³-hybridized carbons (Fsp3) is 0.471. The second-order valence-corrected chi connectivity index (χ2v) is 6.08. The van der Waals surface area contributed by atoms with Gasteiger partial charge in [-0.05, 0) is 52.3 Å². The molecule has 0 unspecified atom stereocenters. The van der Waals surface area contributed by atoms with Crippen LogP contribution in [0.15, 0.2) is 23.0 Å². The molecule has 1 N–H and O–H groups in total. The molecule has 0 bridgehead atoms. The average molecular weight is 306 g/mol. The Kier molecular flexibility index (Phi) is 4.74. The molecular formula is C17H23FN2O2. The molecule has 120 valence electrons. The van der Waals surface area contributed by atoms with Crippen molar-refractivity contribution >= 4 is 0 Å². The first-order valence-corrected chi connectivity index (χ1v) is 7.54. The van der Waals surface area contributed by atoms with Gasteiger partial charge in [-0.1, -0.05) is 6.07 Å². The van der Waals surface area contributed by atoms with Crippen LogP contribution in [0.3, 0.4) is 0 Å². The molecule has 4 nitrogen and oxygen atoms in total. The fourth-order valence-electron chi connectivity index (χ4n) is 2.50. The molecule has 0 aliphatic carbocycles. The highest BCUT2D eigenvalue weighted by Gasteiger charge is 2.14. The Morgan fingerprint density at radius 2 is 1.95 bits per heavy atom. The minimum Gasteiger partial charge on any atom is -0.488 e. The zero-order valence-electron chi connectivity index (χ0n) is 13.7. The third-order valence-electron chi connectivity index (χ3n) is 3.55. The summed E-state index contributed by atoms with van der Waals surface area (Å²) in [5, 5.41) is 2.83. The molecule has 5 heteroatoms. The number of ether oxygens (including phenoxy) is 1. The summed E-state index contributed by atoms with van der Waals surface area (Å²) in [5.41, 5.74) is 2.20. The minimum atomic E-state index is -0.399. The van der Waals surface area contributed by atoms with Gasteiger partial charge in [-0.15, -0.1) is 0 Å². The minimum absolute atomic E-state index is 0.0782. The predicted molar refractivity (Wildman–Crippen MR) is 85.1 cm³/mol. The van der Waals surface area contributed by atoms with Crippen molar-refractivity contribution in [3.63, 3.8) is 0 Å². The monoisotopic (exact) mass is 306 g/mol. The Bertz CT molecular complexity index is 714. The molecule has 1 aromatic carbocycles. The zero-order chi connectivity index (χ0) is 16.4. The number of H-pyrrole nitrogens is 1. The summed E-state index contributed by atoms with van der Waals surface area (Å²) in [6.45, 7) is 9.62. The first-order valence-electron chi connectivity index (χ1n) is 7.54. The Morgan fingerprint density at radius 3 is 2.45 bits per heavy atom. The van der Waals surface area contributed by atoms with Gasteiger partial charge in [0, 0.05) is 23.7 Å². The highest BCUT2D eigenvalue weighted by molar-refractivity contribution is 5.33. The summed E-state index contributed by atoms with van der Waals surface area (Å²) >= 11 is 0. The van der Waals surface area contributed by atoms with Gasteiger partial charge in [0.2, 0.25) is 0 Å². The first kappa shape index (κ1) is 16.3. The molecule has 1 aromatic heterocycles. The van der Waals surface area contributed by atoms with Gasteiger partial charge in [0.25, 0.3) is 5.56 Å². The Balaban J connectivity index is 2.29. The Morgan fingerprint density at radius 1 is 1.27 bits per heavy atom. The van der Waals surface area contributed by atoms with E-state index in [1.807, 2.05) is 39.3 Å². The van der Waals surface area contributed by atoms with Crippen molar-refractivity contribution in [2.75, 3.05) is 0 Å². The van der Waals surface area contributed by atoms with E-state index in [-0.39, 0.29) is 23.5 Å². The summed E-state index contributed by atoms with van der Waals surface area (Å²) in [6, 6.07) is 5.03.